The molecular weight excluding hydrogens is 236 g/mol. The van der Waals surface area contributed by atoms with Crippen LogP contribution in [-0.4, -0.2) is 30.2 Å². The lowest BCUT2D eigenvalue weighted by molar-refractivity contribution is 0.377. The molecule has 4 nitrogen and oxygen atoms in total. The molecule has 0 amide bonds. The highest BCUT2D eigenvalue weighted by atomic mass is 35.5. The number of hydrogen-bond acceptors (Lipinski definition) is 4. The van der Waals surface area contributed by atoms with E-state index in [1.807, 2.05) is 6.07 Å². The second kappa shape index (κ2) is 5.35. The first-order chi connectivity index (χ1) is 7.65. The van der Waals surface area contributed by atoms with Gasteiger partial charge in [0.1, 0.15) is 11.9 Å². The number of anilines is 1. The Kier molecular flexibility index (Phi) is 4.33. The predicted molar refractivity (Wildman–Crippen MR) is 70.5 cm³/mol. The van der Waals surface area contributed by atoms with E-state index in [0.29, 0.717) is 5.56 Å². The lowest BCUT2D eigenvalue weighted by Gasteiger charge is -2.43. The van der Waals surface area contributed by atoms with Crippen LogP contribution in [0, 0.1) is 11.3 Å². The number of rotatable bonds is 1. The lowest BCUT2D eigenvalue weighted by Crippen LogP contribution is -2.58. The molecule has 0 saturated carbocycles. The van der Waals surface area contributed by atoms with E-state index in [-0.39, 0.29) is 17.9 Å². The van der Waals surface area contributed by atoms with Gasteiger partial charge in [0.05, 0.1) is 5.56 Å². The third-order valence-corrected chi connectivity index (χ3v) is 2.96. The minimum atomic E-state index is -0.00178. The van der Waals surface area contributed by atoms with Gasteiger partial charge in [-0.1, -0.05) is 0 Å². The Balaban J connectivity index is 0.00000144. The van der Waals surface area contributed by atoms with E-state index in [2.05, 4.69) is 35.1 Å². The molecule has 0 radical (unpaired) electrons. The maximum Gasteiger partial charge on any atom is 0.147 e. The van der Waals surface area contributed by atoms with Crippen LogP contribution in [0.15, 0.2) is 18.3 Å². The smallest absolute Gasteiger partial charge is 0.147 e. The van der Waals surface area contributed by atoms with Gasteiger partial charge in [0, 0.05) is 31.4 Å². The number of piperazine rings is 1. The molecule has 1 aromatic rings. The summed E-state index contributed by atoms with van der Waals surface area (Å²) in [6.45, 7) is 7.06. The summed E-state index contributed by atoms with van der Waals surface area (Å²) in [6.07, 6.45) is 1.74. The summed E-state index contributed by atoms with van der Waals surface area (Å²) in [4.78, 5) is 6.55. The van der Waals surface area contributed by atoms with Crippen LogP contribution in [-0.2, 0) is 0 Å². The van der Waals surface area contributed by atoms with Gasteiger partial charge in [-0.05, 0) is 26.0 Å². The number of nitriles is 1. The highest BCUT2D eigenvalue weighted by Gasteiger charge is 2.31. The highest BCUT2D eigenvalue weighted by Crippen LogP contribution is 2.25. The van der Waals surface area contributed by atoms with Crippen molar-refractivity contribution < 1.29 is 0 Å². The molecule has 1 aliphatic rings. The van der Waals surface area contributed by atoms with Gasteiger partial charge in [-0.15, -0.1) is 12.4 Å². The van der Waals surface area contributed by atoms with Crippen molar-refractivity contribution in [2.24, 2.45) is 0 Å². The predicted octanol–water partition coefficient (Wildman–Crippen LogP) is 1.56. The van der Waals surface area contributed by atoms with E-state index in [4.69, 9.17) is 5.26 Å². The van der Waals surface area contributed by atoms with E-state index < -0.39 is 0 Å². The molecule has 0 unspecified atom stereocenters. The lowest BCUT2D eigenvalue weighted by atomic mass is 9.99. The Morgan fingerprint density at radius 3 is 2.94 bits per heavy atom. The van der Waals surface area contributed by atoms with E-state index >= 15 is 0 Å². The molecule has 2 heterocycles. The fourth-order valence-electron chi connectivity index (χ4n) is 2.08. The Hall–Kier alpha value is -1.31. The fourth-order valence-corrected chi connectivity index (χ4v) is 2.08. The largest absolute Gasteiger partial charge is 0.348 e. The summed E-state index contributed by atoms with van der Waals surface area (Å²) >= 11 is 0. The van der Waals surface area contributed by atoms with Gasteiger partial charge < -0.3 is 10.2 Å². The first-order valence-electron chi connectivity index (χ1n) is 5.48. The van der Waals surface area contributed by atoms with E-state index in [0.717, 1.165) is 25.5 Å². The molecule has 1 fully saturated rings. The zero-order valence-corrected chi connectivity index (χ0v) is 10.9. The third-order valence-electron chi connectivity index (χ3n) is 2.96. The van der Waals surface area contributed by atoms with Crippen LogP contribution in [0.5, 0.6) is 0 Å². The Morgan fingerprint density at radius 1 is 1.53 bits per heavy atom. The summed E-state index contributed by atoms with van der Waals surface area (Å²) in [6, 6.07) is 5.83. The summed E-state index contributed by atoms with van der Waals surface area (Å²) < 4.78 is 0. The van der Waals surface area contributed by atoms with Gasteiger partial charge in [0.2, 0.25) is 0 Å². The SMILES string of the molecule is CC1(C)CNCCN1c1ncccc1C#N.Cl. The first kappa shape index (κ1) is 13.8. The third kappa shape index (κ3) is 2.68. The zero-order valence-electron chi connectivity index (χ0n) is 10.1. The van der Waals surface area contributed by atoms with E-state index in [9.17, 15) is 0 Å². The molecule has 1 aliphatic heterocycles. The molecule has 0 aliphatic carbocycles. The average molecular weight is 253 g/mol. The van der Waals surface area contributed by atoms with Gasteiger partial charge in [0.25, 0.3) is 0 Å². The number of nitrogens with one attached hydrogen (secondary N) is 1. The second-order valence-corrected chi connectivity index (χ2v) is 4.63. The van der Waals surface area contributed by atoms with Crippen LogP contribution >= 0.6 is 12.4 Å². The second-order valence-electron chi connectivity index (χ2n) is 4.63. The average Bonchev–Trinajstić information content (AvgIpc) is 2.28. The van der Waals surface area contributed by atoms with Gasteiger partial charge >= 0.3 is 0 Å². The molecule has 0 spiro atoms. The van der Waals surface area contributed by atoms with Crippen molar-refractivity contribution in [3.63, 3.8) is 0 Å². The molecular formula is C12H17ClN4. The van der Waals surface area contributed by atoms with Gasteiger partial charge in [-0.3, -0.25) is 0 Å². The summed E-state index contributed by atoms with van der Waals surface area (Å²) in [7, 11) is 0. The molecule has 1 saturated heterocycles. The van der Waals surface area contributed by atoms with Crippen LogP contribution in [0.25, 0.3) is 0 Å². The molecule has 17 heavy (non-hydrogen) atoms. The van der Waals surface area contributed by atoms with E-state index in [1.54, 1.807) is 12.3 Å². The Morgan fingerprint density at radius 2 is 2.29 bits per heavy atom. The number of aromatic nitrogens is 1. The number of hydrogen-bond donors (Lipinski definition) is 1. The van der Waals surface area contributed by atoms with Crippen molar-refractivity contribution in [2.75, 3.05) is 24.5 Å². The summed E-state index contributed by atoms with van der Waals surface area (Å²) in [5.41, 5.74) is 0.649. The molecule has 1 N–H and O–H groups in total. The molecule has 0 bridgehead atoms. The van der Waals surface area contributed by atoms with Crippen LogP contribution in [0.2, 0.25) is 0 Å². The van der Waals surface area contributed by atoms with E-state index in [1.165, 1.54) is 0 Å². The maximum absolute atomic E-state index is 9.09. The number of nitrogens with zero attached hydrogens (tertiary/aromatic N) is 3. The van der Waals surface area contributed by atoms with Crippen molar-refractivity contribution in [1.82, 2.24) is 10.3 Å². The normalized spacial score (nSPS) is 18.1. The molecule has 0 atom stereocenters. The molecule has 0 aromatic carbocycles. The van der Waals surface area contributed by atoms with Crippen molar-refractivity contribution in [1.29, 1.82) is 5.26 Å². The van der Waals surface area contributed by atoms with Gasteiger partial charge in [-0.2, -0.15) is 5.26 Å². The van der Waals surface area contributed by atoms with Crippen molar-refractivity contribution in [3.05, 3.63) is 23.9 Å². The monoisotopic (exact) mass is 252 g/mol. The Bertz CT molecular complexity index is 425. The number of halogens is 1. The van der Waals surface area contributed by atoms with Crippen molar-refractivity contribution >= 4 is 18.2 Å². The quantitative estimate of drug-likeness (QED) is 0.824. The topological polar surface area (TPSA) is 52.0 Å². The van der Waals surface area contributed by atoms with Crippen LogP contribution in [0.4, 0.5) is 5.82 Å². The van der Waals surface area contributed by atoms with Crippen LogP contribution in [0.3, 0.4) is 0 Å². The minimum absolute atomic E-state index is 0. The minimum Gasteiger partial charge on any atom is -0.348 e. The fraction of sp³-hybridized carbons (Fsp3) is 0.500. The molecule has 1 aromatic heterocycles. The highest BCUT2D eigenvalue weighted by molar-refractivity contribution is 5.85. The van der Waals surface area contributed by atoms with Crippen molar-refractivity contribution in [2.45, 2.75) is 19.4 Å². The van der Waals surface area contributed by atoms with Gasteiger partial charge in [-0.25, -0.2) is 4.98 Å². The molecule has 5 heteroatoms. The standard InChI is InChI=1S/C12H16N4.ClH/c1-12(2)9-14-6-7-16(12)11-10(8-13)4-3-5-15-11;/h3-5,14H,6-7,9H2,1-2H3;1H. The summed E-state index contributed by atoms with van der Waals surface area (Å²) in [5.74, 6) is 0.802. The van der Waals surface area contributed by atoms with Crippen molar-refractivity contribution in [3.8, 4) is 6.07 Å². The first-order valence-corrected chi connectivity index (χ1v) is 5.48. The van der Waals surface area contributed by atoms with Gasteiger partial charge in [0.15, 0.2) is 0 Å². The zero-order chi connectivity index (χ0) is 11.6. The van der Waals surface area contributed by atoms with Crippen LogP contribution < -0.4 is 10.2 Å². The van der Waals surface area contributed by atoms with Crippen LogP contribution in [0.1, 0.15) is 19.4 Å². The molecule has 2 rings (SSSR count). The number of pyridine rings is 1. The maximum atomic E-state index is 9.09. The summed E-state index contributed by atoms with van der Waals surface area (Å²) in [5, 5.41) is 12.4. The Labute approximate surface area is 108 Å². The molecule has 92 valence electrons.